The van der Waals surface area contributed by atoms with E-state index in [4.69, 9.17) is 4.74 Å². The minimum Gasteiger partial charge on any atom is -0.374 e. The summed E-state index contributed by atoms with van der Waals surface area (Å²) < 4.78 is 7.54. The highest BCUT2D eigenvalue weighted by atomic mass is 16.5. The molecule has 1 aromatic rings. The first-order chi connectivity index (χ1) is 7.55. The predicted molar refractivity (Wildman–Crippen MR) is 61.1 cm³/mol. The van der Waals surface area contributed by atoms with Gasteiger partial charge >= 0.3 is 0 Å². The molecule has 0 amide bonds. The average molecular weight is 224 g/mol. The molecule has 90 valence electrons. The molecule has 0 saturated carbocycles. The summed E-state index contributed by atoms with van der Waals surface area (Å²) in [6, 6.07) is 0.831. The van der Waals surface area contributed by atoms with E-state index in [0.29, 0.717) is 12.1 Å². The van der Waals surface area contributed by atoms with Crippen molar-refractivity contribution < 1.29 is 4.74 Å². The van der Waals surface area contributed by atoms with Crippen molar-refractivity contribution >= 4 is 0 Å². The lowest BCUT2D eigenvalue weighted by Crippen LogP contribution is -2.39. The Balaban J connectivity index is 1.78. The highest BCUT2D eigenvalue weighted by Crippen LogP contribution is 2.24. The molecule has 5 nitrogen and oxygen atoms in total. The molecule has 1 aromatic heterocycles. The highest BCUT2D eigenvalue weighted by Gasteiger charge is 2.32. The second-order valence-electron chi connectivity index (χ2n) is 5.16. The number of nitrogens with one attached hydrogen (secondary N) is 1. The van der Waals surface area contributed by atoms with Gasteiger partial charge in [0.1, 0.15) is 12.7 Å². The fourth-order valence-corrected chi connectivity index (χ4v) is 2.21. The van der Waals surface area contributed by atoms with Crippen LogP contribution in [0.5, 0.6) is 0 Å². The van der Waals surface area contributed by atoms with Gasteiger partial charge in [0.25, 0.3) is 0 Å². The van der Waals surface area contributed by atoms with Crippen LogP contribution in [0.3, 0.4) is 0 Å². The fraction of sp³-hybridized carbons (Fsp3) is 0.818. The van der Waals surface area contributed by atoms with Gasteiger partial charge in [0.2, 0.25) is 0 Å². The zero-order chi connectivity index (χ0) is 11.6. The number of hydrogen-bond acceptors (Lipinski definition) is 4. The van der Waals surface area contributed by atoms with E-state index in [9.17, 15) is 0 Å². The number of hydrogen-bond donors (Lipinski definition) is 1. The molecule has 0 aromatic carbocycles. The molecule has 1 aliphatic rings. The lowest BCUT2D eigenvalue weighted by Gasteiger charge is -2.19. The van der Waals surface area contributed by atoms with Crippen molar-refractivity contribution in [3.63, 3.8) is 0 Å². The summed E-state index contributed by atoms with van der Waals surface area (Å²) in [5.74, 6) is 0. The van der Waals surface area contributed by atoms with Gasteiger partial charge in [-0.05, 0) is 27.2 Å². The predicted octanol–water partition coefficient (Wildman–Crippen LogP) is 0.824. The van der Waals surface area contributed by atoms with Gasteiger partial charge < -0.3 is 10.1 Å². The van der Waals surface area contributed by atoms with Gasteiger partial charge in [-0.15, -0.1) is 0 Å². The molecule has 0 bridgehead atoms. The minimum absolute atomic E-state index is 0.0185. The second-order valence-corrected chi connectivity index (χ2v) is 5.16. The molecule has 0 aliphatic carbocycles. The Labute approximate surface area is 96.2 Å². The van der Waals surface area contributed by atoms with Gasteiger partial charge in [-0.1, -0.05) is 0 Å². The van der Waals surface area contributed by atoms with Crippen LogP contribution in [0, 0.1) is 0 Å². The Morgan fingerprint density at radius 1 is 1.62 bits per heavy atom. The van der Waals surface area contributed by atoms with Gasteiger partial charge in [-0.3, -0.25) is 4.68 Å². The van der Waals surface area contributed by atoms with Crippen molar-refractivity contribution in [3.05, 3.63) is 12.7 Å². The third kappa shape index (κ3) is 3.02. The maximum atomic E-state index is 5.69. The summed E-state index contributed by atoms with van der Waals surface area (Å²) in [6.07, 6.45) is 4.37. The lowest BCUT2D eigenvalue weighted by atomic mass is 10.0. The topological polar surface area (TPSA) is 52.0 Å². The first kappa shape index (κ1) is 11.5. The number of rotatable bonds is 4. The molecule has 5 heteroatoms. The highest BCUT2D eigenvalue weighted by molar-refractivity contribution is 4.86. The van der Waals surface area contributed by atoms with Crippen LogP contribution in [0.15, 0.2) is 12.7 Å². The van der Waals surface area contributed by atoms with Crippen molar-refractivity contribution in [1.82, 2.24) is 20.1 Å². The monoisotopic (exact) mass is 224 g/mol. The molecule has 2 atom stereocenters. The summed E-state index contributed by atoms with van der Waals surface area (Å²) in [7, 11) is 0. The number of aromatic nitrogens is 3. The van der Waals surface area contributed by atoms with Crippen LogP contribution in [0.2, 0.25) is 0 Å². The first-order valence-corrected chi connectivity index (χ1v) is 5.77. The average Bonchev–Trinajstić information content (AvgIpc) is 2.76. The first-order valence-electron chi connectivity index (χ1n) is 5.77. The largest absolute Gasteiger partial charge is 0.374 e. The lowest BCUT2D eigenvalue weighted by molar-refractivity contribution is 0.0355. The third-order valence-electron chi connectivity index (χ3n) is 2.86. The Bertz CT molecular complexity index is 323. The van der Waals surface area contributed by atoms with Crippen LogP contribution < -0.4 is 5.32 Å². The van der Waals surface area contributed by atoms with E-state index in [1.807, 2.05) is 4.68 Å². The SMILES string of the molecule is CC(Cn1cncn1)NC1COC(C)(C)C1. The van der Waals surface area contributed by atoms with Crippen molar-refractivity contribution in [1.29, 1.82) is 0 Å². The number of ether oxygens (including phenoxy) is 1. The van der Waals surface area contributed by atoms with Gasteiger partial charge in [-0.25, -0.2) is 4.98 Å². The molecule has 0 spiro atoms. The Kier molecular flexibility index (Phi) is 3.25. The maximum Gasteiger partial charge on any atom is 0.137 e. The van der Waals surface area contributed by atoms with Gasteiger partial charge in [0, 0.05) is 12.1 Å². The van der Waals surface area contributed by atoms with Crippen LogP contribution in [0.25, 0.3) is 0 Å². The van der Waals surface area contributed by atoms with E-state index in [-0.39, 0.29) is 5.60 Å². The summed E-state index contributed by atoms with van der Waals surface area (Å²) in [5, 5.41) is 7.65. The van der Waals surface area contributed by atoms with E-state index in [2.05, 4.69) is 36.2 Å². The molecule has 2 rings (SSSR count). The van der Waals surface area contributed by atoms with Gasteiger partial charge in [0.05, 0.1) is 18.8 Å². The van der Waals surface area contributed by atoms with E-state index in [0.717, 1.165) is 19.6 Å². The van der Waals surface area contributed by atoms with Crippen molar-refractivity contribution in [3.8, 4) is 0 Å². The van der Waals surface area contributed by atoms with Crippen LogP contribution in [-0.4, -0.2) is 39.1 Å². The molecule has 0 radical (unpaired) electrons. The normalized spacial score (nSPS) is 25.8. The number of nitrogens with zero attached hydrogens (tertiary/aromatic N) is 3. The fourth-order valence-electron chi connectivity index (χ4n) is 2.21. The summed E-state index contributed by atoms with van der Waals surface area (Å²) >= 11 is 0. The van der Waals surface area contributed by atoms with Crippen LogP contribution in [0.1, 0.15) is 27.2 Å². The Morgan fingerprint density at radius 3 is 3.00 bits per heavy atom. The standard InChI is InChI=1S/C11H20N4O/c1-9(5-15-8-12-7-13-15)14-10-4-11(2,3)16-6-10/h7-10,14H,4-6H2,1-3H3. The zero-order valence-corrected chi connectivity index (χ0v) is 10.2. The van der Waals surface area contributed by atoms with Gasteiger partial charge in [0.15, 0.2) is 0 Å². The molecule has 1 fully saturated rings. The molecule has 1 aliphatic heterocycles. The molecule has 2 heterocycles. The van der Waals surface area contributed by atoms with Gasteiger partial charge in [-0.2, -0.15) is 5.10 Å². The van der Waals surface area contributed by atoms with Crippen molar-refractivity contribution in [2.45, 2.75) is 51.4 Å². The van der Waals surface area contributed by atoms with Crippen molar-refractivity contribution in [2.75, 3.05) is 6.61 Å². The molecule has 2 unspecified atom stereocenters. The summed E-state index contributed by atoms with van der Waals surface area (Å²) in [5.41, 5.74) is 0.0185. The van der Waals surface area contributed by atoms with E-state index in [1.54, 1.807) is 12.7 Å². The van der Waals surface area contributed by atoms with E-state index < -0.39 is 0 Å². The smallest absolute Gasteiger partial charge is 0.137 e. The Hall–Kier alpha value is -0.940. The molecule has 16 heavy (non-hydrogen) atoms. The van der Waals surface area contributed by atoms with Crippen LogP contribution in [0.4, 0.5) is 0 Å². The van der Waals surface area contributed by atoms with Crippen LogP contribution >= 0.6 is 0 Å². The Morgan fingerprint density at radius 2 is 2.44 bits per heavy atom. The van der Waals surface area contributed by atoms with E-state index >= 15 is 0 Å². The van der Waals surface area contributed by atoms with Crippen molar-refractivity contribution in [2.24, 2.45) is 0 Å². The quantitative estimate of drug-likeness (QED) is 0.823. The van der Waals surface area contributed by atoms with Crippen LogP contribution in [-0.2, 0) is 11.3 Å². The summed E-state index contributed by atoms with van der Waals surface area (Å²) in [4.78, 5) is 3.93. The second kappa shape index (κ2) is 4.51. The minimum atomic E-state index is 0.0185. The maximum absolute atomic E-state index is 5.69. The summed E-state index contributed by atoms with van der Waals surface area (Å²) in [6.45, 7) is 8.08. The molecule has 1 N–H and O–H groups in total. The molecular formula is C11H20N4O. The molecule has 1 saturated heterocycles. The zero-order valence-electron chi connectivity index (χ0n) is 10.2. The molecular weight excluding hydrogens is 204 g/mol. The third-order valence-corrected chi connectivity index (χ3v) is 2.86. The van der Waals surface area contributed by atoms with E-state index in [1.165, 1.54) is 0 Å².